The number of hydrogen-bond donors (Lipinski definition) is 0. The number of anilines is 1. The topological polar surface area (TPSA) is 42.0 Å². The highest BCUT2D eigenvalue weighted by Crippen LogP contribution is 2.38. The van der Waals surface area contributed by atoms with Crippen LogP contribution in [0.2, 0.25) is 5.02 Å². The van der Waals surface area contributed by atoms with Crippen molar-refractivity contribution in [3.05, 3.63) is 52.5 Å². The lowest BCUT2D eigenvalue weighted by Gasteiger charge is -2.36. The number of amides is 1. The van der Waals surface area contributed by atoms with Gasteiger partial charge in [-0.05, 0) is 107 Å². The Morgan fingerprint density at radius 1 is 0.912 bits per heavy atom. The second-order valence-electron chi connectivity index (χ2n) is 10.4. The van der Waals surface area contributed by atoms with E-state index in [4.69, 9.17) is 21.1 Å². The van der Waals surface area contributed by atoms with Crippen LogP contribution in [-0.2, 0) is 6.42 Å². The average molecular weight is 481 g/mol. The normalized spacial score (nSPS) is 27.2. The van der Waals surface area contributed by atoms with Gasteiger partial charge in [0.05, 0.1) is 11.1 Å². The van der Waals surface area contributed by atoms with Crippen molar-refractivity contribution in [1.29, 1.82) is 0 Å². The van der Waals surface area contributed by atoms with E-state index < -0.39 is 0 Å². The zero-order valence-electron chi connectivity index (χ0n) is 19.8. The molecule has 3 fully saturated rings. The molecule has 0 aromatic heterocycles. The molecule has 34 heavy (non-hydrogen) atoms. The van der Waals surface area contributed by atoms with E-state index in [1.807, 2.05) is 35.2 Å². The van der Waals surface area contributed by atoms with E-state index in [0.29, 0.717) is 29.8 Å². The summed E-state index contributed by atoms with van der Waals surface area (Å²) in [5.41, 5.74) is 2.64. The minimum Gasteiger partial charge on any atom is -0.490 e. The molecule has 180 valence electrons. The van der Waals surface area contributed by atoms with Crippen LogP contribution in [0.25, 0.3) is 0 Å². The second kappa shape index (κ2) is 9.09. The molecule has 1 saturated carbocycles. The molecule has 4 aliphatic rings. The standard InChI is InChI=1S/C28H33ClN2O3/c1-30-19-6-7-20(30)16-24(15-19)34-27-11-8-21(17-26(27)29)31-13-12-18-14-23(9-10-25(18)28(31)32)33-22-4-2-3-5-22/h8-11,14,17,19-20,22,24H,2-7,12-13,15-16H2,1H3/t19-,20+,24+. The fraction of sp³-hybridized carbons (Fsp3) is 0.536. The third kappa shape index (κ3) is 4.18. The van der Waals surface area contributed by atoms with Gasteiger partial charge in [-0.3, -0.25) is 4.79 Å². The number of piperidine rings is 1. The van der Waals surface area contributed by atoms with Crippen molar-refractivity contribution in [2.45, 2.75) is 82.1 Å². The molecule has 6 heteroatoms. The molecular weight excluding hydrogens is 448 g/mol. The Hall–Kier alpha value is -2.24. The number of carbonyl (C=O) groups excluding carboxylic acids is 1. The fourth-order valence-electron chi connectivity index (χ4n) is 6.37. The Bertz CT molecular complexity index is 1070. The van der Waals surface area contributed by atoms with E-state index in [-0.39, 0.29) is 12.0 Å². The van der Waals surface area contributed by atoms with Crippen molar-refractivity contribution in [1.82, 2.24) is 4.90 Å². The van der Waals surface area contributed by atoms with Crippen LogP contribution in [0.5, 0.6) is 11.5 Å². The maximum atomic E-state index is 13.3. The van der Waals surface area contributed by atoms with E-state index in [1.54, 1.807) is 0 Å². The summed E-state index contributed by atoms with van der Waals surface area (Å²) in [4.78, 5) is 17.6. The van der Waals surface area contributed by atoms with Gasteiger partial charge in [0.1, 0.15) is 17.6 Å². The maximum absolute atomic E-state index is 13.3. The molecule has 0 unspecified atom stereocenters. The monoisotopic (exact) mass is 480 g/mol. The number of nitrogens with zero attached hydrogens (tertiary/aromatic N) is 2. The van der Waals surface area contributed by atoms with Crippen LogP contribution in [0.15, 0.2) is 36.4 Å². The van der Waals surface area contributed by atoms with Crippen LogP contribution in [-0.4, -0.2) is 48.7 Å². The minimum atomic E-state index is 0.0188. The highest BCUT2D eigenvalue weighted by molar-refractivity contribution is 6.32. The summed E-state index contributed by atoms with van der Waals surface area (Å²) in [5, 5.41) is 0.572. The van der Waals surface area contributed by atoms with E-state index >= 15 is 0 Å². The summed E-state index contributed by atoms with van der Waals surface area (Å²) in [6.07, 6.45) is 10.7. The van der Waals surface area contributed by atoms with Crippen molar-refractivity contribution < 1.29 is 14.3 Å². The number of benzene rings is 2. The molecule has 3 aliphatic heterocycles. The molecule has 0 radical (unpaired) electrons. The molecule has 0 N–H and O–H groups in total. The van der Waals surface area contributed by atoms with Gasteiger partial charge in [0, 0.05) is 29.9 Å². The number of fused-ring (bicyclic) bond motifs is 3. The molecule has 2 aromatic carbocycles. The molecule has 3 atom stereocenters. The summed E-state index contributed by atoms with van der Waals surface area (Å²) in [6.45, 7) is 0.633. The number of hydrogen-bond acceptors (Lipinski definition) is 4. The Labute approximate surface area is 207 Å². The van der Waals surface area contributed by atoms with Crippen LogP contribution < -0.4 is 14.4 Å². The molecule has 3 heterocycles. The molecular formula is C28H33ClN2O3. The summed E-state index contributed by atoms with van der Waals surface area (Å²) in [7, 11) is 2.23. The van der Waals surface area contributed by atoms with Gasteiger partial charge in [0.2, 0.25) is 0 Å². The highest BCUT2D eigenvalue weighted by atomic mass is 35.5. The maximum Gasteiger partial charge on any atom is 0.258 e. The summed E-state index contributed by atoms with van der Waals surface area (Å²) >= 11 is 6.64. The van der Waals surface area contributed by atoms with Crippen LogP contribution >= 0.6 is 11.6 Å². The summed E-state index contributed by atoms with van der Waals surface area (Å²) in [6, 6.07) is 12.9. The summed E-state index contributed by atoms with van der Waals surface area (Å²) in [5.74, 6) is 1.63. The van der Waals surface area contributed by atoms with Crippen molar-refractivity contribution in [3.63, 3.8) is 0 Å². The first kappa shape index (κ1) is 22.2. The smallest absolute Gasteiger partial charge is 0.258 e. The Morgan fingerprint density at radius 2 is 1.68 bits per heavy atom. The molecule has 2 bridgehead atoms. The molecule has 6 rings (SSSR count). The van der Waals surface area contributed by atoms with Crippen molar-refractivity contribution in [2.75, 3.05) is 18.5 Å². The van der Waals surface area contributed by atoms with E-state index in [0.717, 1.165) is 60.4 Å². The third-order valence-corrected chi connectivity index (χ3v) is 8.63. The Balaban J connectivity index is 1.14. The summed E-state index contributed by atoms with van der Waals surface area (Å²) < 4.78 is 12.5. The molecule has 2 aromatic rings. The number of ether oxygens (including phenoxy) is 2. The Morgan fingerprint density at radius 3 is 2.41 bits per heavy atom. The predicted octanol–water partition coefficient (Wildman–Crippen LogP) is 5.87. The lowest BCUT2D eigenvalue weighted by atomic mass is 9.98. The van der Waals surface area contributed by atoms with Crippen LogP contribution in [0, 0.1) is 0 Å². The van der Waals surface area contributed by atoms with Gasteiger partial charge in [-0.15, -0.1) is 0 Å². The largest absolute Gasteiger partial charge is 0.490 e. The minimum absolute atomic E-state index is 0.0188. The van der Waals surface area contributed by atoms with E-state index in [2.05, 4.69) is 18.0 Å². The number of halogens is 1. The predicted molar refractivity (Wildman–Crippen MR) is 134 cm³/mol. The first-order valence-corrected chi connectivity index (χ1v) is 13.2. The van der Waals surface area contributed by atoms with Crippen LogP contribution in [0.3, 0.4) is 0 Å². The van der Waals surface area contributed by atoms with E-state index in [1.165, 1.54) is 25.7 Å². The van der Waals surface area contributed by atoms with Crippen LogP contribution in [0.1, 0.15) is 67.3 Å². The number of rotatable bonds is 5. The SMILES string of the molecule is CN1[C@@H]2CC[C@H]1C[C@@H](Oc1ccc(N3CCc4cc(OC5CCCC5)ccc4C3=O)cc1Cl)C2. The van der Waals surface area contributed by atoms with Crippen molar-refractivity contribution >= 4 is 23.2 Å². The number of carbonyl (C=O) groups is 1. The fourth-order valence-corrected chi connectivity index (χ4v) is 6.59. The van der Waals surface area contributed by atoms with Crippen molar-refractivity contribution in [3.8, 4) is 11.5 Å². The van der Waals surface area contributed by atoms with E-state index in [9.17, 15) is 4.79 Å². The molecule has 5 nitrogen and oxygen atoms in total. The molecule has 1 amide bonds. The lowest BCUT2D eigenvalue weighted by Crippen LogP contribution is -2.43. The third-order valence-electron chi connectivity index (χ3n) is 8.34. The lowest BCUT2D eigenvalue weighted by molar-refractivity contribution is 0.0662. The van der Waals surface area contributed by atoms with Gasteiger partial charge in [0.15, 0.2) is 0 Å². The first-order chi connectivity index (χ1) is 16.5. The average Bonchev–Trinajstić information content (AvgIpc) is 3.39. The zero-order chi connectivity index (χ0) is 23.2. The molecule has 0 spiro atoms. The first-order valence-electron chi connectivity index (χ1n) is 12.8. The van der Waals surface area contributed by atoms with Gasteiger partial charge in [-0.1, -0.05) is 11.6 Å². The van der Waals surface area contributed by atoms with Gasteiger partial charge in [-0.25, -0.2) is 0 Å². The Kier molecular flexibility index (Phi) is 5.94. The van der Waals surface area contributed by atoms with Crippen LogP contribution in [0.4, 0.5) is 5.69 Å². The quantitative estimate of drug-likeness (QED) is 0.536. The second-order valence-corrected chi connectivity index (χ2v) is 10.8. The van der Waals surface area contributed by atoms with Gasteiger partial charge >= 0.3 is 0 Å². The molecule has 1 aliphatic carbocycles. The van der Waals surface area contributed by atoms with Gasteiger partial charge < -0.3 is 19.3 Å². The van der Waals surface area contributed by atoms with Crippen molar-refractivity contribution in [2.24, 2.45) is 0 Å². The van der Waals surface area contributed by atoms with Gasteiger partial charge in [0.25, 0.3) is 5.91 Å². The van der Waals surface area contributed by atoms with Gasteiger partial charge in [-0.2, -0.15) is 0 Å². The highest BCUT2D eigenvalue weighted by Gasteiger charge is 2.39. The zero-order valence-corrected chi connectivity index (χ0v) is 20.6. The molecule has 2 saturated heterocycles.